The van der Waals surface area contributed by atoms with Crippen molar-refractivity contribution in [3.63, 3.8) is 0 Å². The molecule has 7 heteroatoms. The smallest absolute Gasteiger partial charge is 0.341 e. The zero-order valence-electron chi connectivity index (χ0n) is 19.2. The van der Waals surface area contributed by atoms with Gasteiger partial charge in [-0.2, -0.15) is 0 Å². The number of nitrogens with two attached hydrogens (primary N) is 1. The fourth-order valence-electron chi connectivity index (χ4n) is 5.55. The second-order valence-electron chi connectivity index (χ2n) is 8.62. The second-order valence-corrected chi connectivity index (χ2v) is 8.62. The van der Waals surface area contributed by atoms with E-state index in [1.807, 2.05) is 49.4 Å². The molecule has 3 aliphatic rings. The fraction of sp³-hybridized carbons (Fsp3) is 0.296. The SMILES string of the molecule is CCOC(=O)C1=C(N)OC2=C(C(=O)CC(c3ccccc3)C2)C12C(=O)N(CC)c1ccccc12. The number of para-hydroxylation sites is 1. The number of anilines is 1. The second kappa shape index (κ2) is 8.17. The molecule has 0 aromatic heterocycles. The number of amides is 1. The van der Waals surface area contributed by atoms with E-state index in [9.17, 15) is 14.4 Å². The number of allylic oxidation sites excluding steroid dienone is 1. The molecule has 0 saturated heterocycles. The molecule has 1 spiro atoms. The van der Waals surface area contributed by atoms with Gasteiger partial charge in [-0.3, -0.25) is 9.59 Å². The first-order valence-electron chi connectivity index (χ1n) is 11.5. The van der Waals surface area contributed by atoms with Crippen LogP contribution in [0, 0.1) is 0 Å². The molecule has 2 aromatic carbocycles. The number of carbonyl (C=O) groups is 3. The molecule has 2 N–H and O–H groups in total. The van der Waals surface area contributed by atoms with Crippen LogP contribution in [0.25, 0.3) is 0 Å². The molecular weight excluding hydrogens is 432 g/mol. The summed E-state index contributed by atoms with van der Waals surface area (Å²) in [5.41, 5.74) is 6.95. The van der Waals surface area contributed by atoms with Crippen molar-refractivity contribution < 1.29 is 23.9 Å². The summed E-state index contributed by atoms with van der Waals surface area (Å²) in [6.45, 7) is 4.00. The predicted octanol–water partition coefficient (Wildman–Crippen LogP) is 3.46. The molecule has 2 unspecified atom stereocenters. The summed E-state index contributed by atoms with van der Waals surface area (Å²) in [5.74, 6) is -1.34. The van der Waals surface area contributed by atoms with Crippen molar-refractivity contribution in [3.05, 3.63) is 88.5 Å². The van der Waals surface area contributed by atoms with Crippen LogP contribution < -0.4 is 10.6 Å². The van der Waals surface area contributed by atoms with E-state index in [0.717, 1.165) is 5.56 Å². The van der Waals surface area contributed by atoms with Crippen molar-refractivity contribution in [2.24, 2.45) is 5.73 Å². The summed E-state index contributed by atoms with van der Waals surface area (Å²) < 4.78 is 11.3. The molecule has 0 fully saturated rings. The average Bonchev–Trinajstić information content (AvgIpc) is 3.07. The highest BCUT2D eigenvalue weighted by atomic mass is 16.5. The van der Waals surface area contributed by atoms with Crippen LogP contribution in [0.3, 0.4) is 0 Å². The van der Waals surface area contributed by atoms with Crippen LogP contribution in [0.1, 0.15) is 43.7 Å². The van der Waals surface area contributed by atoms with Gasteiger partial charge in [-0.1, -0.05) is 48.5 Å². The maximum absolute atomic E-state index is 14.2. The van der Waals surface area contributed by atoms with Crippen molar-refractivity contribution in [2.75, 3.05) is 18.1 Å². The minimum absolute atomic E-state index is 0.0922. The first kappa shape index (κ1) is 21.9. The molecule has 34 heavy (non-hydrogen) atoms. The molecule has 0 saturated carbocycles. The van der Waals surface area contributed by atoms with Gasteiger partial charge in [0.05, 0.1) is 12.2 Å². The highest BCUT2D eigenvalue weighted by molar-refractivity contribution is 6.23. The lowest BCUT2D eigenvalue weighted by Gasteiger charge is -2.40. The number of benzene rings is 2. The number of rotatable bonds is 4. The van der Waals surface area contributed by atoms with E-state index in [1.54, 1.807) is 24.0 Å². The van der Waals surface area contributed by atoms with E-state index in [2.05, 4.69) is 0 Å². The van der Waals surface area contributed by atoms with Crippen LogP contribution in [0.2, 0.25) is 0 Å². The van der Waals surface area contributed by atoms with Gasteiger partial charge in [-0.25, -0.2) is 4.79 Å². The standard InChI is InChI=1S/C27H26N2O5/c1-3-29-19-13-9-8-12-18(19)27(26(29)32)22-20(30)14-17(16-10-6-5-7-11-16)15-21(22)34-24(28)23(27)25(31)33-4-2/h5-13,17H,3-4,14-15,28H2,1-2H3. The Labute approximate surface area is 197 Å². The Kier molecular flexibility index (Phi) is 5.27. The summed E-state index contributed by atoms with van der Waals surface area (Å²) in [7, 11) is 0. The fourth-order valence-corrected chi connectivity index (χ4v) is 5.55. The van der Waals surface area contributed by atoms with Gasteiger partial charge in [-0.15, -0.1) is 0 Å². The van der Waals surface area contributed by atoms with Crippen LogP contribution >= 0.6 is 0 Å². The molecule has 1 amide bonds. The lowest BCUT2D eigenvalue weighted by atomic mass is 9.63. The first-order valence-corrected chi connectivity index (χ1v) is 11.5. The van der Waals surface area contributed by atoms with Gasteiger partial charge in [0.15, 0.2) is 5.78 Å². The third-order valence-corrected chi connectivity index (χ3v) is 6.88. The highest BCUT2D eigenvalue weighted by Gasteiger charge is 2.64. The lowest BCUT2D eigenvalue weighted by molar-refractivity contribution is -0.141. The van der Waals surface area contributed by atoms with Crippen LogP contribution in [-0.4, -0.2) is 30.8 Å². The molecule has 2 atom stereocenters. The van der Waals surface area contributed by atoms with Crippen molar-refractivity contribution in [1.82, 2.24) is 0 Å². The van der Waals surface area contributed by atoms with Gasteiger partial charge < -0.3 is 20.1 Å². The Morgan fingerprint density at radius 3 is 2.50 bits per heavy atom. The van der Waals surface area contributed by atoms with E-state index < -0.39 is 11.4 Å². The predicted molar refractivity (Wildman–Crippen MR) is 126 cm³/mol. The molecular formula is C27H26N2O5. The summed E-state index contributed by atoms with van der Waals surface area (Å²) in [6, 6.07) is 16.9. The Morgan fingerprint density at radius 2 is 1.79 bits per heavy atom. The van der Waals surface area contributed by atoms with E-state index in [0.29, 0.717) is 30.0 Å². The highest BCUT2D eigenvalue weighted by Crippen LogP contribution is 2.57. The quantitative estimate of drug-likeness (QED) is 0.705. The van der Waals surface area contributed by atoms with Gasteiger partial charge in [0.1, 0.15) is 16.7 Å². The van der Waals surface area contributed by atoms with Gasteiger partial charge in [-0.05, 0) is 31.4 Å². The molecule has 0 bridgehead atoms. The number of hydrogen-bond donors (Lipinski definition) is 1. The number of ether oxygens (including phenoxy) is 2. The minimum Gasteiger partial charge on any atom is -0.462 e. The van der Waals surface area contributed by atoms with Gasteiger partial charge in [0, 0.05) is 30.6 Å². The average molecular weight is 459 g/mol. The molecule has 5 rings (SSSR count). The van der Waals surface area contributed by atoms with Crippen LogP contribution in [0.4, 0.5) is 5.69 Å². The largest absolute Gasteiger partial charge is 0.462 e. The molecule has 2 aromatic rings. The maximum atomic E-state index is 14.2. The van der Waals surface area contributed by atoms with Gasteiger partial charge >= 0.3 is 5.97 Å². The molecule has 0 radical (unpaired) electrons. The van der Waals surface area contributed by atoms with Crippen molar-refractivity contribution in [3.8, 4) is 0 Å². The lowest BCUT2D eigenvalue weighted by Crippen LogP contribution is -2.51. The number of Topliss-reactive ketones (excluding diaryl/α,β-unsaturated/α-hetero) is 1. The monoisotopic (exact) mass is 458 g/mol. The number of ketones is 1. The third-order valence-electron chi connectivity index (χ3n) is 6.88. The Bertz CT molecular complexity index is 1260. The van der Waals surface area contributed by atoms with E-state index >= 15 is 0 Å². The summed E-state index contributed by atoms with van der Waals surface area (Å²) in [5, 5.41) is 0. The van der Waals surface area contributed by atoms with Gasteiger partial charge in [0.2, 0.25) is 11.8 Å². The van der Waals surface area contributed by atoms with Crippen LogP contribution in [-0.2, 0) is 29.3 Å². The number of likely N-dealkylation sites (N-methyl/N-ethyl adjacent to an activating group) is 1. The zero-order valence-corrected chi connectivity index (χ0v) is 19.2. The number of hydrogen-bond acceptors (Lipinski definition) is 6. The molecule has 2 aliphatic heterocycles. The van der Waals surface area contributed by atoms with Crippen molar-refractivity contribution >= 4 is 23.3 Å². The van der Waals surface area contributed by atoms with Crippen LogP contribution in [0.15, 0.2) is 77.4 Å². The van der Waals surface area contributed by atoms with E-state index in [-0.39, 0.29) is 47.7 Å². The first-order chi connectivity index (χ1) is 16.4. The topological polar surface area (TPSA) is 98.9 Å². The Morgan fingerprint density at radius 1 is 1.09 bits per heavy atom. The summed E-state index contributed by atoms with van der Waals surface area (Å²) >= 11 is 0. The summed E-state index contributed by atoms with van der Waals surface area (Å²) in [6.07, 6.45) is 0.594. The summed E-state index contributed by atoms with van der Waals surface area (Å²) in [4.78, 5) is 42.8. The zero-order chi connectivity index (χ0) is 24.0. The Hall–Kier alpha value is -3.87. The number of carbonyl (C=O) groups excluding carboxylic acids is 3. The van der Waals surface area contributed by atoms with Crippen molar-refractivity contribution in [1.29, 1.82) is 0 Å². The Balaban J connectivity index is 1.77. The molecule has 2 heterocycles. The molecule has 174 valence electrons. The third kappa shape index (κ3) is 2.93. The van der Waals surface area contributed by atoms with E-state index in [4.69, 9.17) is 15.2 Å². The number of nitrogens with zero attached hydrogens (tertiary/aromatic N) is 1. The molecule has 7 nitrogen and oxygen atoms in total. The minimum atomic E-state index is -1.69. The van der Waals surface area contributed by atoms with Crippen molar-refractivity contribution in [2.45, 2.75) is 38.0 Å². The van der Waals surface area contributed by atoms with E-state index in [1.165, 1.54) is 0 Å². The number of esters is 1. The normalized spacial score (nSPS) is 23.7. The maximum Gasteiger partial charge on any atom is 0.341 e. The molecule has 1 aliphatic carbocycles. The van der Waals surface area contributed by atoms with Gasteiger partial charge in [0.25, 0.3) is 0 Å². The number of fused-ring (bicyclic) bond motifs is 3. The van der Waals surface area contributed by atoms with Crippen LogP contribution in [0.5, 0.6) is 0 Å².